The Morgan fingerprint density at radius 3 is 3.00 bits per heavy atom. The van der Waals surface area contributed by atoms with E-state index in [0.29, 0.717) is 5.82 Å². The zero-order valence-corrected chi connectivity index (χ0v) is 12.1. The highest BCUT2D eigenvalue weighted by Gasteiger charge is 2.20. The number of hydrogen-bond acceptors (Lipinski definition) is 3. The number of H-pyrrole nitrogens is 1. The number of thiophene rings is 1. The lowest BCUT2D eigenvalue weighted by atomic mass is 10.0. The number of nitrogens with one attached hydrogen (secondary N) is 2. The molecular formula is C14H15F2N3OS. The number of fused-ring (bicyclic) bond motifs is 1. The van der Waals surface area contributed by atoms with Crippen LogP contribution in [-0.4, -0.2) is 15.9 Å². The minimum Gasteiger partial charge on any atom is -0.345 e. The number of carbonyl (C=O) groups excluding carboxylic acids is 1. The van der Waals surface area contributed by atoms with E-state index < -0.39 is 12.3 Å². The van der Waals surface area contributed by atoms with E-state index in [1.165, 1.54) is 11.4 Å². The quantitative estimate of drug-likeness (QED) is 0.911. The molecule has 3 rings (SSSR count). The molecule has 0 atom stereocenters. The Labute approximate surface area is 124 Å². The predicted molar refractivity (Wildman–Crippen MR) is 75.7 cm³/mol. The van der Waals surface area contributed by atoms with E-state index in [2.05, 4.69) is 15.3 Å². The van der Waals surface area contributed by atoms with Gasteiger partial charge in [-0.05, 0) is 37.1 Å². The molecule has 0 bridgehead atoms. The summed E-state index contributed by atoms with van der Waals surface area (Å²) in [5, 5.41) is 4.15. The van der Waals surface area contributed by atoms with Crippen molar-refractivity contribution in [2.24, 2.45) is 0 Å². The maximum absolute atomic E-state index is 12.8. The van der Waals surface area contributed by atoms with Crippen LogP contribution in [-0.2, 0) is 19.4 Å². The van der Waals surface area contributed by atoms with Crippen molar-refractivity contribution in [2.75, 3.05) is 0 Å². The number of nitrogens with zero attached hydrogens (tertiary/aromatic N) is 1. The van der Waals surface area contributed by atoms with E-state index in [1.807, 2.05) is 0 Å². The molecule has 0 fully saturated rings. The predicted octanol–water partition coefficient (Wildman–Crippen LogP) is 3.22. The van der Waals surface area contributed by atoms with Gasteiger partial charge in [-0.15, -0.1) is 11.3 Å². The van der Waals surface area contributed by atoms with Gasteiger partial charge in [0, 0.05) is 5.69 Å². The van der Waals surface area contributed by atoms with Crippen molar-refractivity contribution in [2.45, 2.75) is 38.7 Å². The number of halogens is 2. The molecule has 0 saturated heterocycles. The average molecular weight is 311 g/mol. The van der Waals surface area contributed by atoms with Crippen LogP contribution in [0.25, 0.3) is 0 Å². The summed E-state index contributed by atoms with van der Waals surface area (Å²) in [7, 11) is 0. The summed E-state index contributed by atoms with van der Waals surface area (Å²) >= 11 is 0.895. The van der Waals surface area contributed by atoms with E-state index >= 15 is 0 Å². The molecule has 2 aromatic rings. The first-order valence-corrected chi connectivity index (χ1v) is 7.73. The minimum absolute atomic E-state index is 0.0475. The van der Waals surface area contributed by atoms with E-state index in [1.54, 1.807) is 0 Å². The van der Waals surface area contributed by atoms with Crippen molar-refractivity contribution < 1.29 is 13.6 Å². The summed E-state index contributed by atoms with van der Waals surface area (Å²) in [6, 6.07) is 1.43. The molecule has 0 radical (unpaired) electrons. The molecular weight excluding hydrogens is 296 g/mol. The van der Waals surface area contributed by atoms with Crippen molar-refractivity contribution in [3.8, 4) is 0 Å². The molecule has 2 N–H and O–H groups in total. The van der Waals surface area contributed by atoms with Crippen molar-refractivity contribution in [1.29, 1.82) is 0 Å². The number of imidazole rings is 1. The fraction of sp³-hybridized carbons (Fsp3) is 0.429. The van der Waals surface area contributed by atoms with E-state index in [4.69, 9.17) is 0 Å². The van der Waals surface area contributed by atoms with Crippen LogP contribution < -0.4 is 5.32 Å². The number of carbonyl (C=O) groups is 1. The Hall–Kier alpha value is -1.76. The Balaban J connectivity index is 1.65. The van der Waals surface area contributed by atoms with Crippen molar-refractivity contribution >= 4 is 17.2 Å². The second kappa shape index (κ2) is 5.93. The van der Waals surface area contributed by atoms with Crippen LogP contribution >= 0.6 is 11.3 Å². The maximum atomic E-state index is 12.8. The summed E-state index contributed by atoms with van der Waals surface area (Å²) < 4.78 is 25.5. The van der Waals surface area contributed by atoms with Crippen molar-refractivity contribution in [3.63, 3.8) is 0 Å². The number of aromatic nitrogens is 2. The maximum Gasteiger partial charge on any atom is 0.273 e. The summed E-state index contributed by atoms with van der Waals surface area (Å²) in [4.78, 5) is 19.4. The summed E-state index contributed by atoms with van der Waals surface area (Å²) in [5.41, 5.74) is 2.25. The average Bonchev–Trinajstić information content (AvgIpc) is 3.10. The first kappa shape index (κ1) is 14.2. The lowest BCUT2D eigenvalue weighted by Crippen LogP contribution is -2.24. The second-order valence-corrected chi connectivity index (χ2v) is 5.95. The molecule has 0 unspecified atom stereocenters. The van der Waals surface area contributed by atoms with E-state index in [-0.39, 0.29) is 17.0 Å². The molecule has 4 nitrogen and oxygen atoms in total. The van der Waals surface area contributed by atoms with Gasteiger partial charge in [0.25, 0.3) is 12.3 Å². The molecule has 0 spiro atoms. The fourth-order valence-electron chi connectivity index (χ4n) is 2.53. The third-order valence-electron chi connectivity index (χ3n) is 3.56. The van der Waals surface area contributed by atoms with Crippen LogP contribution in [0.5, 0.6) is 0 Å². The molecule has 2 heterocycles. The van der Waals surface area contributed by atoms with Crippen LogP contribution in [0.1, 0.15) is 51.7 Å². The number of alkyl halides is 2. The number of hydrogen-bond donors (Lipinski definition) is 2. The smallest absolute Gasteiger partial charge is 0.273 e. The van der Waals surface area contributed by atoms with Crippen LogP contribution in [0.2, 0.25) is 0 Å². The van der Waals surface area contributed by atoms with Gasteiger partial charge >= 0.3 is 0 Å². The van der Waals surface area contributed by atoms with Crippen LogP contribution in [0.15, 0.2) is 11.4 Å². The standard InChI is InChI=1S/C14H15F2N3OS/c15-13(16)12-8(5-6-21-12)14(20)17-7-11-18-9-3-1-2-4-10(9)19-11/h5-6,13H,1-4,7H2,(H,17,20)(H,18,19). The van der Waals surface area contributed by atoms with E-state index in [0.717, 1.165) is 48.4 Å². The number of aryl methyl sites for hydroxylation is 2. The fourth-order valence-corrected chi connectivity index (χ4v) is 3.27. The molecule has 1 aliphatic carbocycles. The van der Waals surface area contributed by atoms with Gasteiger partial charge in [0.15, 0.2) is 0 Å². The van der Waals surface area contributed by atoms with Crippen molar-refractivity contribution in [3.05, 3.63) is 39.1 Å². The molecule has 1 amide bonds. The molecule has 0 aromatic carbocycles. The Morgan fingerprint density at radius 1 is 1.43 bits per heavy atom. The first-order chi connectivity index (χ1) is 10.1. The first-order valence-electron chi connectivity index (χ1n) is 6.85. The van der Waals surface area contributed by atoms with Gasteiger partial charge in [-0.2, -0.15) is 0 Å². The molecule has 1 aliphatic rings. The van der Waals surface area contributed by atoms with Gasteiger partial charge < -0.3 is 10.3 Å². The Morgan fingerprint density at radius 2 is 2.24 bits per heavy atom. The summed E-state index contributed by atoms with van der Waals surface area (Å²) in [6.07, 6.45) is 1.60. The Kier molecular flexibility index (Phi) is 4.01. The number of amides is 1. The van der Waals surface area contributed by atoms with Crippen LogP contribution in [0.3, 0.4) is 0 Å². The number of aromatic amines is 1. The molecule has 0 aliphatic heterocycles. The third-order valence-corrected chi connectivity index (χ3v) is 4.48. The van der Waals surface area contributed by atoms with Gasteiger partial charge in [-0.3, -0.25) is 4.79 Å². The highest BCUT2D eigenvalue weighted by atomic mass is 32.1. The highest BCUT2D eigenvalue weighted by molar-refractivity contribution is 7.10. The van der Waals surface area contributed by atoms with Crippen LogP contribution in [0, 0.1) is 0 Å². The topological polar surface area (TPSA) is 57.8 Å². The van der Waals surface area contributed by atoms with Gasteiger partial charge in [-0.1, -0.05) is 0 Å². The monoisotopic (exact) mass is 311 g/mol. The summed E-state index contributed by atoms with van der Waals surface area (Å²) in [5.74, 6) is 0.199. The largest absolute Gasteiger partial charge is 0.345 e. The number of rotatable bonds is 4. The second-order valence-electron chi connectivity index (χ2n) is 5.00. The Bertz CT molecular complexity index is 627. The van der Waals surface area contributed by atoms with Crippen molar-refractivity contribution in [1.82, 2.24) is 15.3 Å². The van der Waals surface area contributed by atoms with Gasteiger partial charge in [-0.25, -0.2) is 13.8 Å². The molecule has 7 heteroatoms. The molecule has 112 valence electrons. The molecule has 0 saturated carbocycles. The summed E-state index contributed by atoms with van der Waals surface area (Å²) in [6.45, 7) is 0.227. The lowest BCUT2D eigenvalue weighted by molar-refractivity contribution is 0.0939. The van der Waals surface area contributed by atoms with Gasteiger partial charge in [0.1, 0.15) is 5.82 Å². The zero-order chi connectivity index (χ0) is 14.8. The van der Waals surface area contributed by atoms with E-state index in [9.17, 15) is 13.6 Å². The SMILES string of the molecule is O=C(NCc1nc2c([nH]1)CCCC2)c1ccsc1C(F)F. The lowest BCUT2D eigenvalue weighted by Gasteiger charge is -2.07. The molecule has 2 aromatic heterocycles. The minimum atomic E-state index is -2.62. The van der Waals surface area contributed by atoms with Crippen LogP contribution in [0.4, 0.5) is 8.78 Å². The zero-order valence-electron chi connectivity index (χ0n) is 11.3. The van der Waals surface area contributed by atoms with Gasteiger partial charge in [0.05, 0.1) is 22.7 Å². The third kappa shape index (κ3) is 2.97. The van der Waals surface area contributed by atoms with Gasteiger partial charge in [0.2, 0.25) is 0 Å². The highest BCUT2D eigenvalue weighted by Crippen LogP contribution is 2.28. The molecule has 21 heavy (non-hydrogen) atoms. The normalized spacial score (nSPS) is 14.2.